The average molecular weight is 312 g/mol. The van der Waals surface area contributed by atoms with E-state index in [1.165, 1.54) is 0 Å². The number of benzene rings is 1. The minimum atomic E-state index is -0.00320. The summed E-state index contributed by atoms with van der Waals surface area (Å²) in [6.07, 6.45) is 2.52. The number of likely N-dealkylation sites (tertiary alicyclic amines) is 1. The molecule has 0 bridgehead atoms. The van der Waals surface area contributed by atoms with Gasteiger partial charge < -0.3 is 14.4 Å². The molecule has 5 heteroatoms. The number of carbonyl (C=O) groups is 1. The van der Waals surface area contributed by atoms with E-state index in [4.69, 9.17) is 9.47 Å². The largest absolute Gasteiger partial charge is 0.494 e. The highest BCUT2D eigenvalue weighted by atomic mass is 16.5. The number of ether oxygens (including phenoxy) is 2. The Morgan fingerprint density at radius 2 is 2.09 bits per heavy atom. The van der Waals surface area contributed by atoms with Gasteiger partial charge in [0.25, 0.3) is 5.91 Å². The zero-order valence-corrected chi connectivity index (χ0v) is 13.1. The molecule has 0 radical (unpaired) electrons. The van der Waals surface area contributed by atoms with Crippen LogP contribution in [-0.2, 0) is 0 Å². The van der Waals surface area contributed by atoms with Gasteiger partial charge in [0.2, 0.25) is 5.88 Å². The van der Waals surface area contributed by atoms with Crippen LogP contribution >= 0.6 is 0 Å². The zero-order valence-electron chi connectivity index (χ0n) is 13.1. The van der Waals surface area contributed by atoms with Crippen molar-refractivity contribution >= 4 is 5.91 Å². The molecule has 1 aromatic carbocycles. The van der Waals surface area contributed by atoms with Gasteiger partial charge in [-0.2, -0.15) is 0 Å². The van der Waals surface area contributed by atoms with Crippen molar-refractivity contribution in [2.75, 3.05) is 19.7 Å². The van der Waals surface area contributed by atoms with E-state index in [-0.39, 0.29) is 12.0 Å². The van der Waals surface area contributed by atoms with Crippen molar-refractivity contribution in [1.29, 1.82) is 0 Å². The quantitative estimate of drug-likeness (QED) is 0.852. The third-order valence-corrected chi connectivity index (χ3v) is 3.77. The van der Waals surface area contributed by atoms with Gasteiger partial charge in [0.05, 0.1) is 13.2 Å². The maximum atomic E-state index is 12.5. The van der Waals surface area contributed by atoms with Gasteiger partial charge in [-0.15, -0.1) is 0 Å². The van der Waals surface area contributed by atoms with Crippen LogP contribution in [0.1, 0.15) is 23.7 Å². The highest BCUT2D eigenvalue weighted by molar-refractivity contribution is 5.94. The number of pyridine rings is 1. The standard InChI is InChI=1S/C18H20N2O3/c1-2-22-15-8-6-14(7-9-15)18(21)20-12-10-16(13-20)23-17-5-3-4-11-19-17/h3-9,11,16H,2,10,12-13H2,1H3. The summed E-state index contributed by atoms with van der Waals surface area (Å²) in [4.78, 5) is 18.5. The first-order valence-corrected chi connectivity index (χ1v) is 7.86. The van der Waals surface area contributed by atoms with Gasteiger partial charge in [-0.1, -0.05) is 6.07 Å². The summed E-state index contributed by atoms with van der Waals surface area (Å²) in [6.45, 7) is 3.84. The SMILES string of the molecule is CCOc1ccc(C(=O)N2CCC(Oc3ccccn3)C2)cc1. The predicted molar refractivity (Wildman–Crippen MR) is 86.8 cm³/mol. The Bertz CT molecular complexity index is 643. The molecule has 120 valence electrons. The topological polar surface area (TPSA) is 51.7 Å². The van der Waals surface area contributed by atoms with E-state index in [0.717, 1.165) is 12.2 Å². The molecular formula is C18H20N2O3. The summed E-state index contributed by atoms with van der Waals surface area (Å²) in [7, 11) is 0. The Kier molecular flexibility index (Phi) is 4.76. The second-order valence-corrected chi connectivity index (χ2v) is 5.41. The molecule has 5 nitrogen and oxygen atoms in total. The molecule has 1 amide bonds. The second kappa shape index (κ2) is 7.13. The van der Waals surface area contributed by atoms with Crippen LogP contribution in [0.25, 0.3) is 0 Å². The van der Waals surface area contributed by atoms with Gasteiger partial charge in [0, 0.05) is 30.8 Å². The van der Waals surface area contributed by atoms with Crippen molar-refractivity contribution in [2.45, 2.75) is 19.4 Å². The first kappa shape index (κ1) is 15.3. The number of rotatable bonds is 5. The smallest absolute Gasteiger partial charge is 0.253 e. The maximum Gasteiger partial charge on any atom is 0.253 e. The predicted octanol–water partition coefficient (Wildman–Crippen LogP) is 2.77. The Morgan fingerprint density at radius 3 is 2.78 bits per heavy atom. The van der Waals surface area contributed by atoms with Crippen LogP contribution in [-0.4, -0.2) is 41.6 Å². The number of hydrogen-bond acceptors (Lipinski definition) is 4. The molecule has 1 unspecified atom stereocenters. The molecule has 0 aliphatic carbocycles. The Labute approximate surface area is 135 Å². The molecule has 2 heterocycles. The summed E-state index contributed by atoms with van der Waals surface area (Å²) in [5, 5.41) is 0. The lowest BCUT2D eigenvalue weighted by atomic mass is 10.2. The van der Waals surface area contributed by atoms with Crippen molar-refractivity contribution in [3.63, 3.8) is 0 Å². The van der Waals surface area contributed by atoms with Crippen molar-refractivity contribution in [2.24, 2.45) is 0 Å². The molecule has 1 atom stereocenters. The minimum Gasteiger partial charge on any atom is -0.494 e. The molecule has 3 rings (SSSR count). The second-order valence-electron chi connectivity index (χ2n) is 5.41. The number of nitrogens with zero attached hydrogens (tertiary/aromatic N) is 2. The summed E-state index contributed by atoms with van der Waals surface area (Å²) in [5.41, 5.74) is 0.673. The molecule has 2 aromatic rings. The lowest BCUT2D eigenvalue weighted by Crippen LogP contribution is -2.31. The van der Waals surface area contributed by atoms with Gasteiger partial charge in [-0.3, -0.25) is 4.79 Å². The molecule has 1 aromatic heterocycles. The van der Waals surface area contributed by atoms with Gasteiger partial charge in [-0.25, -0.2) is 4.98 Å². The lowest BCUT2D eigenvalue weighted by Gasteiger charge is -2.17. The minimum absolute atomic E-state index is 0.00320. The molecule has 1 fully saturated rings. The first-order valence-electron chi connectivity index (χ1n) is 7.86. The van der Waals surface area contributed by atoms with E-state index in [0.29, 0.717) is 31.1 Å². The van der Waals surface area contributed by atoms with E-state index >= 15 is 0 Å². The van der Waals surface area contributed by atoms with Crippen LogP contribution in [0.2, 0.25) is 0 Å². The van der Waals surface area contributed by atoms with Gasteiger partial charge in [0.15, 0.2) is 0 Å². The van der Waals surface area contributed by atoms with E-state index in [1.807, 2.05) is 42.2 Å². The molecule has 1 saturated heterocycles. The van der Waals surface area contributed by atoms with Crippen LogP contribution in [0.3, 0.4) is 0 Å². The Balaban J connectivity index is 1.58. The normalized spacial score (nSPS) is 17.1. The van der Waals surface area contributed by atoms with Crippen molar-refractivity contribution in [3.8, 4) is 11.6 Å². The Hall–Kier alpha value is -2.56. The summed E-state index contributed by atoms with van der Waals surface area (Å²) >= 11 is 0. The van der Waals surface area contributed by atoms with E-state index in [1.54, 1.807) is 18.3 Å². The third-order valence-electron chi connectivity index (χ3n) is 3.77. The van der Waals surface area contributed by atoms with Crippen LogP contribution in [0.4, 0.5) is 0 Å². The van der Waals surface area contributed by atoms with Gasteiger partial charge in [0.1, 0.15) is 11.9 Å². The van der Waals surface area contributed by atoms with Gasteiger partial charge >= 0.3 is 0 Å². The zero-order chi connectivity index (χ0) is 16.1. The highest BCUT2D eigenvalue weighted by Gasteiger charge is 2.28. The molecule has 0 spiro atoms. The van der Waals surface area contributed by atoms with E-state index in [9.17, 15) is 4.79 Å². The third kappa shape index (κ3) is 3.80. The van der Waals surface area contributed by atoms with Crippen LogP contribution in [0.15, 0.2) is 48.7 Å². The molecule has 23 heavy (non-hydrogen) atoms. The fourth-order valence-electron chi connectivity index (χ4n) is 2.64. The monoisotopic (exact) mass is 312 g/mol. The van der Waals surface area contributed by atoms with Crippen LogP contribution < -0.4 is 9.47 Å². The Morgan fingerprint density at radius 1 is 1.26 bits per heavy atom. The molecule has 0 saturated carbocycles. The summed E-state index contributed by atoms with van der Waals surface area (Å²) < 4.78 is 11.2. The van der Waals surface area contributed by atoms with Crippen LogP contribution in [0.5, 0.6) is 11.6 Å². The maximum absolute atomic E-state index is 12.5. The molecule has 1 aliphatic heterocycles. The van der Waals surface area contributed by atoms with Gasteiger partial charge in [-0.05, 0) is 37.3 Å². The highest BCUT2D eigenvalue weighted by Crippen LogP contribution is 2.19. The number of aromatic nitrogens is 1. The fourth-order valence-corrected chi connectivity index (χ4v) is 2.64. The number of carbonyl (C=O) groups excluding carboxylic acids is 1. The lowest BCUT2D eigenvalue weighted by molar-refractivity contribution is 0.0771. The van der Waals surface area contributed by atoms with E-state index < -0.39 is 0 Å². The number of hydrogen-bond donors (Lipinski definition) is 0. The summed E-state index contributed by atoms with van der Waals surface area (Å²) in [6, 6.07) is 12.8. The molecular weight excluding hydrogens is 292 g/mol. The van der Waals surface area contributed by atoms with Crippen LogP contribution in [0, 0.1) is 0 Å². The van der Waals surface area contributed by atoms with Crippen molar-refractivity contribution in [1.82, 2.24) is 9.88 Å². The molecule has 1 aliphatic rings. The first-order chi connectivity index (χ1) is 11.3. The molecule has 0 N–H and O–H groups in total. The summed E-state index contributed by atoms with van der Waals surface area (Å²) in [5.74, 6) is 1.41. The fraction of sp³-hybridized carbons (Fsp3) is 0.333. The average Bonchev–Trinajstić information content (AvgIpc) is 3.05. The number of amides is 1. The van der Waals surface area contributed by atoms with E-state index in [2.05, 4.69) is 4.98 Å². The van der Waals surface area contributed by atoms with Crippen molar-refractivity contribution in [3.05, 3.63) is 54.2 Å². The van der Waals surface area contributed by atoms with Crippen molar-refractivity contribution < 1.29 is 14.3 Å².